The molecule has 0 radical (unpaired) electrons. The van der Waals surface area contributed by atoms with Crippen molar-refractivity contribution in [2.24, 2.45) is 0 Å². The van der Waals surface area contributed by atoms with Gasteiger partial charge in [0.2, 0.25) is 0 Å². The van der Waals surface area contributed by atoms with Crippen molar-refractivity contribution < 1.29 is 0 Å². The van der Waals surface area contributed by atoms with Crippen LogP contribution in [0.25, 0.3) is 10.9 Å². The average Bonchev–Trinajstić information content (AvgIpc) is 2.58. The highest BCUT2D eigenvalue weighted by molar-refractivity contribution is 5.79. The molecule has 13 heavy (non-hydrogen) atoms. The van der Waals surface area contributed by atoms with E-state index in [0.717, 1.165) is 6.54 Å². The molecule has 0 aliphatic carbocycles. The molecule has 0 fully saturated rings. The number of nitrogens with zero attached hydrogens (tertiary/aromatic N) is 1. The molecule has 0 saturated carbocycles. The SMILES string of the molecule is C=C=CCn1ccc2ccccc21. The molecule has 1 heterocycles. The number of aromatic nitrogens is 1. The standard InChI is InChI=1S/C12H11N/c1-2-3-9-13-10-8-11-6-4-5-7-12(11)13/h3-8,10H,1,9H2. The molecule has 1 nitrogen and oxygen atoms in total. The number of allylic oxidation sites excluding steroid dienone is 1. The summed E-state index contributed by atoms with van der Waals surface area (Å²) >= 11 is 0. The largest absolute Gasteiger partial charge is 0.343 e. The fourth-order valence-corrected chi connectivity index (χ4v) is 1.46. The second-order valence-corrected chi connectivity index (χ2v) is 2.94. The Morgan fingerprint density at radius 1 is 1.31 bits per heavy atom. The molecule has 0 bridgehead atoms. The van der Waals surface area contributed by atoms with Gasteiger partial charge in [-0.05, 0) is 23.6 Å². The van der Waals surface area contributed by atoms with Crippen molar-refractivity contribution in [2.75, 3.05) is 0 Å². The van der Waals surface area contributed by atoms with E-state index < -0.39 is 0 Å². The zero-order chi connectivity index (χ0) is 9.10. The molecule has 1 aromatic carbocycles. The lowest BCUT2D eigenvalue weighted by atomic mass is 10.2. The number of rotatable bonds is 2. The van der Waals surface area contributed by atoms with Crippen molar-refractivity contribution in [3.63, 3.8) is 0 Å². The van der Waals surface area contributed by atoms with Gasteiger partial charge in [0.25, 0.3) is 0 Å². The third-order valence-electron chi connectivity index (χ3n) is 2.11. The third-order valence-corrected chi connectivity index (χ3v) is 2.11. The van der Waals surface area contributed by atoms with Crippen molar-refractivity contribution in [2.45, 2.75) is 6.54 Å². The fraction of sp³-hybridized carbons (Fsp3) is 0.0833. The minimum Gasteiger partial charge on any atom is -0.343 e. The molecule has 1 heteroatoms. The average molecular weight is 169 g/mol. The minimum absolute atomic E-state index is 0.844. The second kappa shape index (κ2) is 3.34. The number of hydrogen-bond donors (Lipinski definition) is 0. The van der Waals surface area contributed by atoms with E-state index in [1.165, 1.54) is 10.9 Å². The number of fused-ring (bicyclic) bond motifs is 1. The van der Waals surface area contributed by atoms with Crippen LogP contribution in [0, 0.1) is 0 Å². The van der Waals surface area contributed by atoms with E-state index in [-0.39, 0.29) is 0 Å². The first-order valence-corrected chi connectivity index (χ1v) is 4.30. The van der Waals surface area contributed by atoms with Crippen LogP contribution >= 0.6 is 0 Å². The summed E-state index contributed by atoms with van der Waals surface area (Å²) in [6.07, 6.45) is 4.00. The summed E-state index contributed by atoms with van der Waals surface area (Å²) in [5.41, 5.74) is 4.03. The Balaban J connectivity index is 2.51. The molecule has 0 amide bonds. The van der Waals surface area contributed by atoms with Gasteiger partial charge in [-0.1, -0.05) is 24.8 Å². The van der Waals surface area contributed by atoms with Crippen LogP contribution in [0.4, 0.5) is 0 Å². The Kier molecular flexibility index (Phi) is 2.03. The van der Waals surface area contributed by atoms with Gasteiger partial charge in [-0.2, -0.15) is 0 Å². The van der Waals surface area contributed by atoms with E-state index in [9.17, 15) is 0 Å². The van der Waals surface area contributed by atoms with Gasteiger partial charge in [-0.3, -0.25) is 0 Å². The van der Waals surface area contributed by atoms with Crippen LogP contribution in [0.15, 0.2) is 54.9 Å². The van der Waals surface area contributed by atoms with Crippen LogP contribution in [0.3, 0.4) is 0 Å². The van der Waals surface area contributed by atoms with Crippen molar-refractivity contribution in [3.8, 4) is 0 Å². The van der Waals surface area contributed by atoms with Gasteiger partial charge in [0.05, 0.1) is 0 Å². The lowest BCUT2D eigenvalue weighted by Crippen LogP contribution is -1.90. The van der Waals surface area contributed by atoms with Crippen LogP contribution in [0.5, 0.6) is 0 Å². The van der Waals surface area contributed by atoms with Crippen LogP contribution in [0.1, 0.15) is 0 Å². The van der Waals surface area contributed by atoms with Crippen molar-refractivity contribution in [1.82, 2.24) is 4.57 Å². The van der Waals surface area contributed by atoms with E-state index in [1.807, 2.05) is 6.08 Å². The number of benzene rings is 1. The second-order valence-electron chi connectivity index (χ2n) is 2.94. The lowest BCUT2D eigenvalue weighted by molar-refractivity contribution is 0.865. The van der Waals surface area contributed by atoms with Gasteiger partial charge in [0.1, 0.15) is 0 Å². The van der Waals surface area contributed by atoms with Gasteiger partial charge in [-0.15, -0.1) is 5.73 Å². The Labute approximate surface area is 77.6 Å². The highest BCUT2D eigenvalue weighted by atomic mass is 14.9. The van der Waals surface area contributed by atoms with Crippen LogP contribution in [-0.2, 0) is 6.54 Å². The molecule has 0 aliphatic heterocycles. The minimum atomic E-state index is 0.844. The maximum atomic E-state index is 3.55. The molecule has 2 aromatic rings. The van der Waals surface area contributed by atoms with E-state index in [4.69, 9.17) is 0 Å². The zero-order valence-corrected chi connectivity index (χ0v) is 7.40. The van der Waals surface area contributed by atoms with Crippen LogP contribution < -0.4 is 0 Å². The normalized spacial score (nSPS) is 9.85. The smallest absolute Gasteiger partial charge is 0.0483 e. The quantitative estimate of drug-likeness (QED) is 0.609. The Bertz CT molecular complexity index is 459. The van der Waals surface area contributed by atoms with Gasteiger partial charge >= 0.3 is 0 Å². The Hall–Kier alpha value is -1.72. The summed E-state index contributed by atoms with van der Waals surface area (Å²) in [5.74, 6) is 0. The molecule has 0 spiro atoms. The van der Waals surface area contributed by atoms with Crippen LogP contribution in [-0.4, -0.2) is 4.57 Å². The summed E-state index contributed by atoms with van der Waals surface area (Å²) in [5, 5.41) is 1.28. The van der Waals surface area contributed by atoms with Crippen molar-refractivity contribution in [3.05, 3.63) is 54.9 Å². The Morgan fingerprint density at radius 3 is 3.00 bits per heavy atom. The van der Waals surface area contributed by atoms with E-state index in [1.54, 1.807) is 0 Å². The first kappa shape index (κ1) is 7.90. The summed E-state index contributed by atoms with van der Waals surface area (Å²) in [7, 11) is 0. The topological polar surface area (TPSA) is 4.93 Å². The molecule has 0 unspecified atom stereocenters. The van der Waals surface area contributed by atoms with Crippen molar-refractivity contribution in [1.29, 1.82) is 0 Å². The molecule has 64 valence electrons. The molecule has 2 rings (SSSR count). The monoisotopic (exact) mass is 169 g/mol. The molecule has 0 N–H and O–H groups in total. The summed E-state index contributed by atoms with van der Waals surface area (Å²) < 4.78 is 2.17. The van der Waals surface area contributed by atoms with Crippen molar-refractivity contribution >= 4 is 10.9 Å². The number of para-hydroxylation sites is 1. The highest BCUT2D eigenvalue weighted by Crippen LogP contribution is 2.14. The molecule has 0 saturated heterocycles. The predicted molar refractivity (Wildman–Crippen MR) is 55.6 cm³/mol. The molecular formula is C12H11N. The molecule has 1 aromatic heterocycles. The van der Waals surface area contributed by atoms with Gasteiger partial charge in [-0.25, -0.2) is 0 Å². The number of hydrogen-bond acceptors (Lipinski definition) is 0. The summed E-state index contributed by atoms with van der Waals surface area (Å²) in [4.78, 5) is 0. The molecular weight excluding hydrogens is 158 g/mol. The van der Waals surface area contributed by atoms with Gasteiger partial charge < -0.3 is 4.57 Å². The first-order chi connectivity index (χ1) is 6.42. The van der Waals surface area contributed by atoms with Gasteiger partial charge in [0.15, 0.2) is 0 Å². The summed E-state index contributed by atoms with van der Waals surface area (Å²) in [6.45, 7) is 4.39. The Morgan fingerprint density at radius 2 is 2.15 bits per heavy atom. The van der Waals surface area contributed by atoms with Crippen LogP contribution in [0.2, 0.25) is 0 Å². The molecule has 0 aliphatic rings. The third kappa shape index (κ3) is 1.42. The predicted octanol–water partition coefficient (Wildman–Crippen LogP) is 2.98. The lowest BCUT2D eigenvalue weighted by Gasteiger charge is -1.98. The maximum absolute atomic E-state index is 3.55. The molecule has 0 atom stereocenters. The van der Waals surface area contributed by atoms with E-state index in [2.05, 4.69) is 53.4 Å². The van der Waals surface area contributed by atoms with Gasteiger partial charge in [0, 0.05) is 18.3 Å². The summed E-state index contributed by atoms with van der Waals surface area (Å²) in [6, 6.07) is 10.5. The highest BCUT2D eigenvalue weighted by Gasteiger charge is 1.96. The van der Waals surface area contributed by atoms with E-state index in [0.29, 0.717) is 0 Å². The van der Waals surface area contributed by atoms with E-state index >= 15 is 0 Å². The first-order valence-electron chi connectivity index (χ1n) is 4.30. The maximum Gasteiger partial charge on any atom is 0.0483 e. The fourth-order valence-electron chi connectivity index (χ4n) is 1.46. The zero-order valence-electron chi connectivity index (χ0n) is 7.40.